The Bertz CT molecular complexity index is 340. The van der Waals surface area contributed by atoms with E-state index in [2.05, 4.69) is 5.32 Å². The van der Waals surface area contributed by atoms with Gasteiger partial charge in [0.15, 0.2) is 0 Å². The Morgan fingerprint density at radius 3 is 2.56 bits per heavy atom. The molecule has 2 unspecified atom stereocenters. The molecule has 2 atom stereocenters. The van der Waals surface area contributed by atoms with E-state index in [-0.39, 0.29) is 12.1 Å². The van der Waals surface area contributed by atoms with Crippen LogP contribution in [0.3, 0.4) is 0 Å². The van der Waals surface area contributed by atoms with Gasteiger partial charge in [-0.1, -0.05) is 6.07 Å². The molecule has 2 nitrogen and oxygen atoms in total. The number of benzene rings is 1. The van der Waals surface area contributed by atoms with Crippen LogP contribution in [0, 0.1) is 11.6 Å². The van der Waals surface area contributed by atoms with Gasteiger partial charge in [0.25, 0.3) is 0 Å². The highest BCUT2D eigenvalue weighted by atomic mass is 19.1. The van der Waals surface area contributed by atoms with Crippen molar-refractivity contribution in [2.24, 2.45) is 5.73 Å². The molecule has 0 amide bonds. The second kappa shape index (κ2) is 5.92. The number of rotatable bonds is 5. The summed E-state index contributed by atoms with van der Waals surface area (Å²) in [5, 5.41) is 3.19. The number of hydrogen-bond donors (Lipinski definition) is 2. The van der Waals surface area contributed by atoms with Crippen molar-refractivity contribution in [1.29, 1.82) is 0 Å². The third-order valence-electron chi connectivity index (χ3n) is 2.33. The number of hydrogen-bond acceptors (Lipinski definition) is 2. The van der Waals surface area contributed by atoms with Gasteiger partial charge in [0.2, 0.25) is 0 Å². The maximum absolute atomic E-state index is 13.3. The monoisotopic (exact) mass is 228 g/mol. The molecule has 0 saturated carbocycles. The average Bonchev–Trinajstić information content (AvgIpc) is 2.19. The molecule has 0 spiro atoms. The van der Waals surface area contributed by atoms with Crippen LogP contribution in [-0.4, -0.2) is 18.6 Å². The summed E-state index contributed by atoms with van der Waals surface area (Å²) < 4.78 is 26.0. The van der Waals surface area contributed by atoms with Gasteiger partial charge in [-0.2, -0.15) is 0 Å². The zero-order valence-corrected chi connectivity index (χ0v) is 9.63. The summed E-state index contributed by atoms with van der Waals surface area (Å²) in [6.45, 7) is 4.54. The molecule has 0 heterocycles. The van der Waals surface area contributed by atoms with Gasteiger partial charge in [0, 0.05) is 24.7 Å². The van der Waals surface area contributed by atoms with Crippen LogP contribution in [0.5, 0.6) is 0 Å². The van der Waals surface area contributed by atoms with Crippen molar-refractivity contribution in [1.82, 2.24) is 5.32 Å². The molecule has 4 heteroatoms. The Hall–Kier alpha value is -1.00. The molecule has 0 fully saturated rings. The number of nitrogens with one attached hydrogen (secondary N) is 1. The van der Waals surface area contributed by atoms with Crippen LogP contribution < -0.4 is 11.1 Å². The van der Waals surface area contributed by atoms with E-state index in [1.54, 1.807) is 0 Å². The molecule has 1 aromatic rings. The predicted octanol–water partition coefficient (Wildman–Crippen LogP) is 1.83. The van der Waals surface area contributed by atoms with E-state index in [1.165, 1.54) is 12.1 Å². The van der Waals surface area contributed by atoms with Crippen LogP contribution in [0.15, 0.2) is 18.2 Å². The van der Waals surface area contributed by atoms with Crippen molar-refractivity contribution in [3.63, 3.8) is 0 Å². The summed E-state index contributed by atoms with van der Waals surface area (Å²) in [4.78, 5) is 0. The minimum Gasteiger partial charge on any atom is -0.327 e. The lowest BCUT2D eigenvalue weighted by atomic mass is 10.1. The van der Waals surface area contributed by atoms with Crippen molar-refractivity contribution in [2.45, 2.75) is 32.4 Å². The largest absolute Gasteiger partial charge is 0.327 e. The van der Waals surface area contributed by atoms with E-state index in [9.17, 15) is 8.78 Å². The van der Waals surface area contributed by atoms with Crippen molar-refractivity contribution >= 4 is 0 Å². The summed E-state index contributed by atoms with van der Waals surface area (Å²) in [6.07, 6.45) is 0.527. The first-order valence-electron chi connectivity index (χ1n) is 5.42. The Kier molecular flexibility index (Phi) is 4.83. The second-order valence-corrected chi connectivity index (χ2v) is 4.23. The van der Waals surface area contributed by atoms with Gasteiger partial charge in [-0.15, -0.1) is 0 Å². The fourth-order valence-corrected chi connectivity index (χ4v) is 1.48. The van der Waals surface area contributed by atoms with Gasteiger partial charge in [0.1, 0.15) is 11.6 Å². The van der Waals surface area contributed by atoms with Gasteiger partial charge in [-0.25, -0.2) is 8.78 Å². The van der Waals surface area contributed by atoms with Crippen LogP contribution in [-0.2, 0) is 6.42 Å². The standard InChI is InChI=1S/C12H18F2N2/c1-8(15)7-16-9(2)5-10-3-4-11(13)6-12(10)14/h3-4,6,8-9,16H,5,7,15H2,1-2H3. The lowest BCUT2D eigenvalue weighted by Gasteiger charge is -2.15. The van der Waals surface area contributed by atoms with Gasteiger partial charge < -0.3 is 11.1 Å². The minimum atomic E-state index is -0.544. The van der Waals surface area contributed by atoms with E-state index in [4.69, 9.17) is 5.73 Å². The van der Waals surface area contributed by atoms with Crippen LogP contribution >= 0.6 is 0 Å². The molecule has 0 aliphatic rings. The van der Waals surface area contributed by atoms with Crippen LogP contribution in [0.25, 0.3) is 0 Å². The SMILES string of the molecule is CC(N)CNC(C)Cc1ccc(F)cc1F. The quantitative estimate of drug-likeness (QED) is 0.807. The van der Waals surface area contributed by atoms with E-state index in [1.807, 2.05) is 13.8 Å². The zero-order chi connectivity index (χ0) is 12.1. The molecule has 0 bridgehead atoms. The highest BCUT2D eigenvalue weighted by Gasteiger charge is 2.08. The number of nitrogens with two attached hydrogens (primary N) is 1. The first-order chi connectivity index (χ1) is 7.49. The molecular formula is C12H18F2N2. The van der Waals surface area contributed by atoms with E-state index in [0.717, 1.165) is 6.07 Å². The van der Waals surface area contributed by atoms with Gasteiger partial charge in [0.05, 0.1) is 0 Å². The molecule has 16 heavy (non-hydrogen) atoms. The minimum absolute atomic E-state index is 0.0699. The summed E-state index contributed by atoms with van der Waals surface area (Å²) in [6, 6.07) is 3.85. The normalized spacial score (nSPS) is 14.8. The van der Waals surface area contributed by atoms with Crippen molar-refractivity contribution in [3.05, 3.63) is 35.4 Å². The second-order valence-electron chi connectivity index (χ2n) is 4.23. The summed E-state index contributed by atoms with van der Waals surface area (Å²) in [5.41, 5.74) is 6.12. The Labute approximate surface area is 94.8 Å². The molecule has 0 aliphatic heterocycles. The molecule has 3 N–H and O–H groups in total. The average molecular weight is 228 g/mol. The fourth-order valence-electron chi connectivity index (χ4n) is 1.48. The predicted molar refractivity (Wildman–Crippen MR) is 61.2 cm³/mol. The molecule has 1 aromatic carbocycles. The van der Waals surface area contributed by atoms with Crippen molar-refractivity contribution in [3.8, 4) is 0 Å². The smallest absolute Gasteiger partial charge is 0.129 e. The molecule has 90 valence electrons. The first kappa shape index (κ1) is 13.1. The van der Waals surface area contributed by atoms with E-state index >= 15 is 0 Å². The van der Waals surface area contributed by atoms with Crippen LogP contribution in [0.4, 0.5) is 8.78 Å². The maximum atomic E-state index is 13.3. The van der Waals surface area contributed by atoms with Crippen molar-refractivity contribution in [2.75, 3.05) is 6.54 Å². The van der Waals surface area contributed by atoms with Gasteiger partial charge in [-0.05, 0) is 31.9 Å². The van der Waals surface area contributed by atoms with Gasteiger partial charge >= 0.3 is 0 Å². The first-order valence-corrected chi connectivity index (χ1v) is 5.42. The Morgan fingerprint density at radius 1 is 1.31 bits per heavy atom. The molecule has 0 aromatic heterocycles. The third kappa shape index (κ3) is 4.24. The fraction of sp³-hybridized carbons (Fsp3) is 0.500. The van der Waals surface area contributed by atoms with Gasteiger partial charge in [-0.3, -0.25) is 0 Å². The third-order valence-corrected chi connectivity index (χ3v) is 2.33. The summed E-state index contributed by atoms with van der Waals surface area (Å²) in [7, 11) is 0. The maximum Gasteiger partial charge on any atom is 0.129 e. The highest BCUT2D eigenvalue weighted by Crippen LogP contribution is 2.11. The molecule has 0 radical (unpaired) electrons. The molecular weight excluding hydrogens is 210 g/mol. The highest BCUT2D eigenvalue weighted by molar-refractivity contribution is 5.19. The Morgan fingerprint density at radius 2 is 2.00 bits per heavy atom. The van der Waals surface area contributed by atoms with Crippen molar-refractivity contribution < 1.29 is 8.78 Å². The van der Waals surface area contributed by atoms with Crippen LogP contribution in [0.1, 0.15) is 19.4 Å². The summed E-state index contributed by atoms with van der Waals surface area (Å²) >= 11 is 0. The van der Waals surface area contributed by atoms with E-state index < -0.39 is 11.6 Å². The van der Waals surface area contributed by atoms with E-state index in [0.29, 0.717) is 18.5 Å². The zero-order valence-electron chi connectivity index (χ0n) is 9.63. The van der Waals surface area contributed by atoms with Crippen LogP contribution in [0.2, 0.25) is 0 Å². The lowest BCUT2D eigenvalue weighted by molar-refractivity contribution is 0.500. The number of halogens is 2. The molecule has 1 rings (SSSR count). The summed E-state index contributed by atoms with van der Waals surface area (Å²) in [5.74, 6) is -1.04. The Balaban J connectivity index is 2.52. The molecule has 0 aliphatic carbocycles. The topological polar surface area (TPSA) is 38.0 Å². The molecule has 0 saturated heterocycles. The lowest BCUT2D eigenvalue weighted by Crippen LogP contribution is -2.37.